The van der Waals surface area contributed by atoms with Crippen molar-refractivity contribution in [1.82, 2.24) is 14.8 Å². The second-order valence-electron chi connectivity index (χ2n) is 4.86. The minimum Gasteiger partial charge on any atom is -0.497 e. The Morgan fingerprint density at radius 2 is 1.86 bits per heavy atom. The number of ether oxygens (including phenoxy) is 2. The number of methoxy groups -OCH3 is 2. The lowest BCUT2D eigenvalue weighted by Crippen LogP contribution is -2.17. The highest BCUT2D eigenvalue weighted by Gasteiger charge is 2.14. The van der Waals surface area contributed by atoms with Crippen molar-refractivity contribution in [1.29, 1.82) is 0 Å². The highest BCUT2D eigenvalue weighted by atomic mass is 16.5. The number of nitrogens with two attached hydrogens (primary N) is 1. The lowest BCUT2D eigenvalue weighted by atomic mass is 10.0. The van der Waals surface area contributed by atoms with Gasteiger partial charge < -0.3 is 15.2 Å². The van der Waals surface area contributed by atoms with Crippen molar-refractivity contribution in [2.45, 2.75) is 32.4 Å². The Morgan fingerprint density at radius 1 is 1.19 bits per heavy atom. The third kappa shape index (κ3) is 3.72. The van der Waals surface area contributed by atoms with Crippen molar-refractivity contribution in [3.05, 3.63) is 35.9 Å². The summed E-state index contributed by atoms with van der Waals surface area (Å²) in [6.07, 6.45) is 3.21. The molecular formula is C15H22N4O2. The minimum atomic E-state index is -0.186. The van der Waals surface area contributed by atoms with E-state index in [-0.39, 0.29) is 6.04 Å². The Labute approximate surface area is 124 Å². The van der Waals surface area contributed by atoms with Gasteiger partial charge in [-0.05, 0) is 24.1 Å². The zero-order valence-corrected chi connectivity index (χ0v) is 12.7. The van der Waals surface area contributed by atoms with Crippen LogP contribution in [0.15, 0.2) is 24.5 Å². The summed E-state index contributed by atoms with van der Waals surface area (Å²) in [6, 6.07) is 5.49. The van der Waals surface area contributed by atoms with Gasteiger partial charge in [0.15, 0.2) is 0 Å². The van der Waals surface area contributed by atoms with E-state index in [1.54, 1.807) is 20.5 Å². The Balaban J connectivity index is 2.19. The third-order valence-electron chi connectivity index (χ3n) is 3.34. The van der Waals surface area contributed by atoms with Crippen LogP contribution in [0.25, 0.3) is 0 Å². The monoisotopic (exact) mass is 290 g/mol. The summed E-state index contributed by atoms with van der Waals surface area (Å²) in [5, 5.41) is 4.22. The molecule has 0 saturated heterocycles. The maximum absolute atomic E-state index is 6.31. The molecule has 1 aromatic carbocycles. The maximum atomic E-state index is 6.31. The van der Waals surface area contributed by atoms with Crippen molar-refractivity contribution >= 4 is 0 Å². The van der Waals surface area contributed by atoms with Crippen LogP contribution in [-0.4, -0.2) is 29.0 Å². The van der Waals surface area contributed by atoms with Gasteiger partial charge in [-0.15, -0.1) is 0 Å². The topological polar surface area (TPSA) is 75.2 Å². The summed E-state index contributed by atoms with van der Waals surface area (Å²) in [7, 11) is 3.25. The molecule has 21 heavy (non-hydrogen) atoms. The zero-order chi connectivity index (χ0) is 15.2. The van der Waals surface area contributed by atoms with Crippen molar-refractivity contribution < 1.29 is 9.47 Å². The van der Waals surface area contributed by atoms with Crippen LogP contribution >= 0.6 is 0 Å². The standard InChI is InChI=1S/C15H22N4O2/c1-4-5-19-15(17-10-18-19)9-14(16)11-6-12(20-2)8-13(7-11)21-3/h6-8,10,14H,4-5,9,16H2,1-3H3. The number of hydrogen-bond donors (Lipinski definition) is 1. The van der Waals surface area contributed by atoms with E-state index in [2.05, 4.69) is 17.0 Å². The summed E-state index contributed by atoms with van der Waals surface area (Å²) in [4.78, 5) is 4.29. The molecule has 0 radical (unpaired) electrons. The fourth-order valence-corrected chi connectivity index (χ4v) is 2.20. The van der Waals surface area contributed by atoms with Gasteiger partial charge in [0, 0.05) is 25.1 Å². The first kappa shape index (κ1) is 15.3. The van der Waals surface area contributed by atoms with E-state index in [1.165, 1.54) is 0 Å². The van der Waals surface area contributed by atoms with Crippen molar-refractivity contribution in [2.24, 2.45) is 5.73 Å². The van der Waals surface area contributed by atoms with Gasteiger partial charge in [-0.3, -0.25) is 4.68 Å². The van der Waals surface area contributed by atoms with E-state index in [0.29, 0.717) is 6.42 Å². The summed E-state index contributed by atoms with van der Waals surface area (Å²) >= 11 is 0. The number of aryl methyl sites for hydroxylation is 1. The molecule has 0 aliphatic heterocycles. The predicted molar refractivity (Wildman–Crippen MR) is 80.5 cm³/mol. The van der Waals surface area contributed by atoms with Gasteiger partial charge in [0.25, 0.3) is 0 Å². The van der Waals surface area contributed by atoms with E-state index in [1.807, 2.05) is 22.9 Å². The van der Waals surface area contributed by atoms with Gasteiger partial charge in [-0.2, -0.15) is 5.10 Å². The molecule has 2 aromatic rings. The maximum Gasteiger partial charge on any atom is 0.138 e. The van der Waals surface area contributed by atoms with E-state index < -0.39 is 0 Å². The number of aromatic nitrogens is 3. The van der Waals surface area contributed by atoms with Crippen LogP contribution in [0.5, 0.6) is 11.5 Å². The lowest BCUT2D eigenvalue weighted by molar-refractivity contribution is 0.392. The summed E-state index contributed by atoms with van der Waals surface area (Å²) in [6.45, 7) is 2.96. The fourth-order valence-electron chi connectivity index (χ4n) is 2.20. The number of hydrogen-bond acceptors (Lipinski definition) is 5. The average molecular weight is 290 g/mol. The fraction of sp³-hybridized carbons (Fsp3) is 0.467. The van der Waals surface area contributed by atoms with Crippen molar-refractivity contribution in [3.8, 4) is 11.5 Å². The molecule has 0 bridgehead atoms. The number of rotatable bonds is 7. The quantitative estimate of drug-likeness (QED) is 0.843. The van der Waals surface area contributed by atoms with Gasteiger partial charge in [0.05, 0.1) is 14.2 Å². The summed E-state index contributed by atoms with van der Waals surface area (Å²) < 4.78 is 12.5. The Hall–Kier alpha value is -2.08. The molecule has 2 N–H and O–H groups in total. The van der Waals surface area contributed by atoms with Crippen LogP contribution in [-0.2, 0) is 13.0 Å². The first-order valence-electron chi connectivity index (χ1n) is 7.03. The largest absolute Gasteiger partial charge is 0.497 e. The summed E-state index contributed by atoms with van der Waals surface area (Å²) in [5.41, 5.74) is 7.26. The molecule has 1 aromatic heterocycles. The smallest absolute Gasteiger partial charge is 0.138 e. The van der Waals surface area contributed by atoms with Crippen LogP contribution in [0.4, 0.5) is 0 Å². The molecule has 0 fully saturated rings. The second kappa shape index (κ2) is 7.08. The minimum absolute atomic E-state index is 0.186. The van der Waals surface area contributed by atoms with Crippen LogP contribution in [0.1, 0.15) is 30.8 Å². The molecule has 0 amide bonds. The first-order chi connectivity index (χ1) is 10.2. The first-order valence-corrected chi connectivity index (χ1v) is 7.03. The van der Waals surface area contributed by atoms with E-state index in [9.17, 15) is 0 Å². The van der Waals surface area contributed by atoms with Crippen LogP contribution in [0.3, 0.4) is 0 Å². The average Bonchev–Trinajstić information content (AvgIpc) is 2.94. The molecule has 6 nitrogen and oxygen atoms in total. The molecule has 0 aliphatic carbocycles. The molecule has 1 unspecified atom stereocenters. The normalized spacial score (nSPS) is 12.2. The Kier molecular flexibility index (Phi) is 5.16. The second-order valence-corrected chi connectivity index (χ2v) is 4.86. The van der Waals surface area contributed by atoms with Crippen molar-refractivity contribution in [3.63, 3.8) is 0 Å². The molecule has 1 atom stereocenters. The SMILES string of the molecule is CCCn1ncnc1CC(N)c1cc(OC)cc(OC)c1. The molecule has 114 valence electrons. The highest BCUT2D eigenvalue weighted by Crippen LogP contribution is 2.26. The predicted octanol–water partition coefficient (Wildman–Crippen LogP) is 1.95. The zero-order valence-electron chi connectivity index (χ0n) is 12.7. The van der Waals surface area contributed by atoms with Gasteiger partial charge in [-0.1, -0.05) is 6.92 Å². The Morgan fingerprint density at radius 3 is 2.43 bits per heavy atom. The molecule has 0 saturated carbocycles. The molecule has 2 rings (SSSR count). The molecule has 0 aliphatic rings. The van der Waals surface area contributed by atoms with E-state index in [0.717, 1.165) is 35.9 Å². The lowest BCUT2D eigenvalue weighted by Gasteiger charge is -2.15. The Bertz CT molecular complexity index is 561. The van der Waals surface area contributed by atoms with E-state index >= 15 is 0 Å². The van der Waals surface area contributed by atoms with Crippen LogP contribution < -0.4 is 15.2 Å². The number of nitrogens with zero attached hydrogens (tertiary/aromatic N) is 3. The summed E-state index contributed by atoms with van der Waals surface area (Å²) in [5.74, 6) is 2.36. The highest BCUT2D eigenvalue weighted by molar-refractivity contribution is 5.39. The molecule has 1 heterocycles. The van der Waals surface area contributed by atoms with Gasteiger partial charge in [-0.25, -0.2) is 4.98 Å². The van der Waals surface area contributed by atoms with Crippen LogP contribution in [0, 0.1) is 0 Å². The molecule has 0 spiro atoms. The van der Waals surface area contributed by atoms with E-state index in [4.69, 9.17) is 15.2 Å². The van der Waals surface area contributed by atoms with Gasteiger partial charge >= 0.3 is 0 Å². The van der Waals surface area contributed by atoms with Gasteiger partial charge in [0.1, 0.15) is 23.7 Å². The van der Waals surface area contributed by atoms with Crippen LogP contribution in [0.2, 0.25) is 0 Å². The molecule has 6 heteroatoms. The number of benzene rings is 1. The third-order valence-corrected chi connectivity index (χ3v) is 3.34. The van der Waals surface area contributed by atoms with Gasteiger partial charge in [0.2, 0.25) is 0 Å². The van der Waals surface area contributed by atoms with Crippen molar-refractivity contribution in [2.75, 3.05) is 14.2 Å². The molecular weight excluding hydrogens is 268 g/mol.